The molecule has 0 unspecified atom stereocenters. The van der Waals surface area contributed by atoms with Crippen LogP contribution in [0.3, 0.4) is 0 Å². The third kappa shape index (κ3) is 2.54. The molecule has 7 heteroatoms. The van der Waals surface area contributed by atoms with Crippen LogP contribution in [-0.4, -0.2) is 21.8 Å². The van der Waals surface area contributed by atoms with E-state index < -0.39 is 5.91 Å². The molecule has 2 amide bonds. The summed E-state index contributed by atoms with van der Waals surface area (Å²) >= 11 is 0. The number of anilines is 2. The van der Waals surface area contributed by atoms with Gasteiger partial charge in [0.15, 0.2) is 0 Å². The summed E-state index contributed by atoms with van der Waals surface area (Å²) in [7, 11) is 0. The van der Waals surface area contributed by atoms with Crippen molar-refractivity contribution in [1.29, 1.82) is 0 Å². The minimum absolute atomic E-state index is 0.210. The first-order chi connectivity index (χ1) is 8.99. The number of aromatic amines is 1. The maximum absolute atomic E-state index is 11.5. The molecular weight excluding hydrogens is 246 g/mol. The first-order valence-electron chi connectivity index (χ1n) is 5.49. The third-order valence-electron chi connectivity index (χ3n) is 2.52. The second-order valence-electron chi connectivity index (χ2n) is 3.97. The molecule has 0 aliphatic heterocycles. The molecule has 0 saturated carbocycles. The number of nitrogens with one attached hydrogen (secondary N) is 2. The fourth-order valence-corrected chi connectivity index (χ4v) is 1.75. The van der Waals surface area contributed by atoms with Crippen LogP contribution in [0.2, 0.25) is 0 Å². The van der Waals surface area contributed by atoms with Crippen molar-refractivity contribution in [3.63, 3.8) is 0 Å². The summed E-state index contributed by atoms with van der Waals surface area (Å²) in [6.45, 7) is 1.34. The van der Waals surface area contributed by atoms with Crippen molar-refractivity contribution in [1.82, 2.24) is 9.97 Å². The standard InChI is InChI=1S/C12H13N5O2/c1-6(18)17-12-10(11(14)19)8(5-16-12)7-2-3-9(13)15-4-7/h2-5,16H,1H3,(H2,13,15)(H2,14,19)(H,17,18). The largest absolute Gasteiger partial charge is 0.384 e. The Hall–Kier alpha value is -2.83. The maximum atomic E-state index is 11.5. The van der Waals surface area contributed by atoms with Gasteiger partial charge in [0.25, 0.3) is 5.91 Å². The molecule has 0 bridgehead atoms. The van der Waals surface area contributed by atoms with Crippen molar-refractivity contribution in [3.05, 3.63) is 30.1 Å². The van der Waals surface area contributed by atoms with Gasteiger partial charge in [-0.3, -0.25) is 9.59 Å². The van der Waals surface area contributed by atoms with Gasteiger partial charge in [-0.15, -0.1) is 0 Å². The van der Waals surface area contributed by atoms with E-state index in [2.05, 4.69) is 15.3 Å². The molecule has 2 rings (SSSR count). The summed E-state index contributed by atoms with van der Waals surface area (Å²) in [6, 6.07) is 3.33. The predicted molar refractivity (Wildman–Crippen MR) is 71.3 cm³/mol. The molecule has 0 spiro atoms. The van der Waals surface area contributed by atoms with Gasteiger partial charge < -0.3 is 21.8 Å². The van der Waals surface area contributed by atoms with E-state index in [4.69, 9.17) is 11.5 Å². The van der Waals surface area contributed by atoms with E-state index in [1.807, 2.05) is 0 Å². The van der Waals surface area contributed by atoms with Gasteiger partial charge in [-0.25, -0.2) is 4.98 Å². The Morgan fingerprint density at radius 1 is 1.37 bits per heavy atom. The molecule has 0 aliphatic carbocycles. The Bertz CT molecular complexity index is 630. The van der Waals surface area contributed by atoms with Gasteiger partial charge in [-0.05, 0) is 12.1 Å². The lowest BCUT2D eigenvalue weighted by Gasteiger charge is -2.04. The van der Waals surface area contributed by atoms with Crippen LogP contribution in [0.25, 0.3) is 11.1 Å². The molecule has 6 N–H and O–H groups in total. The van der Waals surface area contributed by atoms with Gasteiger partial charge >= 0.3 is 0 Å². The number of primary amides is 1. The van der Waals surface area contributed by atoms with Gasteiger partial charge in [-0.1, -0.05) is 0 Å². The fourth-order valence-electron chi connectivity index (χ4n) is 1.75. The van der Waals surface area contributed by atoms with Crippen molar-refractivity contribution in [2.24, 2.45) is 5.73 Å². The van der Waals surface area contributed by atoms with E-state index in [0.717, 1.165) is 0 Å². The third-order valence-corrected chi connectivity index (χ3v) is 2.52. The number of hydrogen-bond acceptors (Lipinski definition) is 4. The SMILES string of the molecule is CC(=O)Nc1[nH]cc(-c2ccc(N)nc2)c1C(N)=O. The highest BCUT2D eigenvalue weighted by molar-refractivity contribution is 6.07. The highest BCUT2D eigenvalue weighted by atomic mass is 16.2. The Balaban J connectivity index is 2.51. The van der Waals surface area contributed by atoms with Crippen molar-refractivity contribution < 1.29 is 9.59 Å². The van der Waals surface area contributed by atoms with Crippen LogP contribution in [0.1, 0.15) is 17.3 Å². The molecule has 19 heavy (non-hydrogen) atoms. The molecule has 98 valence electrons. The van der Waals surface area contributed by atoms with Crippen molar-refractivity contribution in [2.45, 2.75) is 6.92 Å². The number of pyridine rings is 1. The quantitative estimate of drug-likeness (QED) is 0.647. The van der Waals surface area contributed by atoms with Crippen LogP contribution in [0.15, 0.2) is 24.5 Å². The number of nitrogens with two attached hydrogens (primary N) is 2. The number of nitrogen functional groups attached to an aromatic ring is 1. The topological polar surface area (TPSA) is 127 Å². The molecule has 2 aromatic heterocycles. The van der Waals surface area contributed by atoms with E-state index in [1.54, 1.807) is 18.3 Å². The normalized spacial score (nSPS) is 10.2. The van der Waals surface area contributed by atoms with Gasteiger partial charge in [-0.2, -0.15) is 0 Å². The minimum atomic E-state index is -0.642. The molecular formula is C12H13N5O2. The zero-order valence-electron chi connectivity index (χ0n) is 10.2. The van der Waals surface area contributed by atoms with Gasteiger partial charge in [0.2, 0.25) is 5.91 Å². The van der Waals surface area contributed by atoms with E-state index in [-0.39, 0.29) is 17.3 Å². The van der Waals surface area contributed by atoms with Crippen molar-refractivity contribution in [3.8, 4) is 11.1 Å². The molecule has 7 nitrogen and oxygen atoms in total. The number of carbonyl (C=O) groups excluding carboxylic acids is 2. The average molecular weight is 259 g/mol. The summed E-state index contributed by atoms with van der Waals surface area (Å²) in [5.74, 6) is -0.294. The summed E-state index contributed by atoms with van der Waals surface area (Å²) in [5.41, 5.74) is 12.3. The van der Waals surface area contributed by atoms with Crippen LogP contribution in [0, 0.1) is 0 Å². The fraction of sp³-hybridized carbons (Fsp3) is 0.0833. The molecule has 0 saturated heterocycles. The predicted octanol–water partition coefficient (Wildman–Crippen LogP) is 0.716. The monoisotopic (exact) mass is 259 g/mol. The molecule has 2 aromatic rings. The molecule has 0 fully saturated rings. The highest BCUT2D eigenvalue weighted by Crippen LogP contribution is 2.28. The molecule has 0 atom stereocenters. The molecule has 0 aromatic carbocycles. The Labute approximate surface area is 109 Å². The first-order valence-corrected chi connectivity index (χ1v) is 5.49. The zero-order chi connectivity index (χ0) is 14.0. The van der Waals surface area contributed by atoms with E-state index in [0.29, 0.717) is 16.9 Å². The summed E-state index contributed by atoms with van der Waals surface area (Å²) in [5, 5.41) is 2.52. The second-order valence-corrected chi connectivity index (χ2v) is 3.97. The van der Waals surface area contributed by atoms with E-state index in [1.165, 1.54) is 13.1 Å². The number of aromatic nitrogens is 2. The van der Waals surface area contributed by atoms with Crippen LogP contribution in [0.4, 0.5) is 11.6 Å². The molecule has 0 aliphatic rings. The van der Waals surface area contributed by atoms with Gasteiger partial charge in [0.1, 0.15) is 11.6 Å². The number of rotatable bonds is 3. The first kappa shape index (κ1) is 12.6. The smallest absolute Gasteiger partial charge is 0.253 e. The van der Waals surface area contributed by atoms with E-state index >= 15 is 0 Å². The molecule has 0 radical (unpaired) electrons. The zero-order valence-corrected chi connectivity index (χ0v) is 10.2. The summed E-state index contributed by atoms with van der Waals surface area (Å²) in [4.78, 5) is 29.4. The Morgan fingerprint density at radius 3 is 2.63 bits per heavy atom. The van der Waals surface area contributed by atoms with Crippen molar-refractivity contribution >= 4 is 23.5 Å². The lowest BCUT2D eigenvalue weighted by molar-refractivity contribution is -0.114. The average Bonchev–Trinajstić information content (AvgIpc) is 2.73. The number of nitrogens with zero attached hydrogens (tertiary/aromatic N) is 1. The van der Waals surface area contributed by atoms with Crippen LogP contribution in [-0.2, 0) is 4.79 Å². The number of amides is 2. The Kier molecular flexibility index (Phi) is 3.19. The summed E-state index contributed by atoms with van der Waals surface area (Å²) < 4.78 is 0. The summed E-state index contributed by atoms with van der Waals surface area (Å²) in [6.07, 6.45) is 3.11. The number of carbonyl (C=O) groups is 2. The Morgan fingerprint density at radius 2 is 2.11 bits per heavy atom. The lowest BCUT2D eigenvalue weighted by Crippen LogP contribution is -2.16. The van der Waals surface area contributed by atoms with Crippen molar-refractivity contribution in [2.75, 3.05) is 11.1 Å². The van der Waals surface area contributed by atoms with E-state index in [9.17, 15) is 9.59 Å². The molecule has 2 heterocycles. The van der Waals surface area contributed by atoms with Crippen LogP contribution in [0.5, 0.6) is 0 Å². The highest BCUT2D eigenvalue weighted by Gasteiger charge is 2.18. The van der Waals surface area contributed by atoms with Crippen LogP contribution < -0.4 is 16.8 Å². The minimum Gasteiger partial charge on any atom is -0.384 e. The second kappa shape index (κ2) is 4.81. The maximum Gasteiger partial charge on any atom is 0.253 e. The number of H-pyrrole nitrogens is 1. The van der Waals surface area contributed by atoms with Crippen LogP contribution >= 0.6 is 0 Å². The van der Waals surface area contributed by atoms with Gasteiger partial charge in [0.05, 0.1) is 5.56 Å². The number of hydrogen-bond donors (Lipinski definition) is 4. The van der Waals surface area contributed by atoms with Gasteiger partial charge in [0, 0.05) is 30.4 Å². The lowest BCUT2D eigenvalue weighted by atomic mass is 10.1.